The summed E-state index contributed by atoms with van der Waals surface area (Å²) in [5, 5.41) is 3.75. The van der Waals surface area contributed by atoms with Crippen molar-refractivity contribution in [2.75, 3.05) is 36.4 Å². The van der Waals surface area contributed by atoms with Gasteiger partial charge in [-0.25, -0.2) is 12.8 Å². The molecule has 0 bridgehead atoms. The molecule has 1 fully saturated rings. The molecule has 0 aliphatic carbocycles. The van der Waals surface area contributed by atoms with E-state index in [0.29, 0.717) is 28.8 Å². The lowest BCUT2D eigenvalue weighted by molar-refractivity contribution is 0.102. The summed E-state index contributed by atoms with van der Waals surface area (Å²) in [6, 6.07) is 15.1. The number of halogens is 4. The van der Waals surface area contributed by atoms with Gasteiger partial charge >= 0.3 is 0 Å². The standard InChI is InChI=1S/C23H19Cl3FN3O3S/c24-17-7-6-16(14-19(17)26)28-23(31)15-5-8-20(27)22(13-15)34(32,33)30-11-9-29(10-12-30)21-4-2-1-3-18(21)25/h1-8,13-14H,9-12H2,(H,28,31). The van der Waals surface area contributed by atoms with E-state index in [9.17, 15) is 17.6 Å². The summed E-state index contributed by atoms with van der Waals surface area (Å²) in [5.74, 6) is -1.54. The minimum atomic E-state index is -4.17. The summed E-state index contributed by atoms with van der Waals surface area (Å²) in [4.78, 5) is 14.1. The van der Waals surface area contributed by atoms with E-state index in [1.54, 1.807) is 12.1 Å². The van der Waals surface area contributed by atoms with Crippen LogP contribution < -0.4 is 10.2 Å². The van der Waals surface area contributed by atoms with E-state index in [4.69, 9.17) is 34.8 Å². The molecule has 178 valence electrons. The molecule has 0 radical (unpaired) electrons. The average Bonchev–Trinajstić information content (AvgIpc) is 2.82. The molecule has 11 heteroatoms. The summed E-state index contributed by atoms with van der Waals surface area (Å²) >= 11 is 18.1. The number of carbonyl (C=O) groups is 1. The Kier molecular flexibility index (Phi) is 7.35. The van der Waals surface area contributed by atoms with Gasteiger partial charge in [-0.3, -0.25) is 4.79 Å². The van der Waals surface area contributed by atoms with Gasteiger partial charge in [0.15, 0.2) is 0 Å². The fourth-order valence-corrected chi connectivity index (χ4v) is 5.70. The molecule has 0 atom stereocenters. The van der Waals surface area contributed by atoms with Crippen LogP contribution in [-0.4, -0.2) is 44.8 Å². The van der Waals surface area contributed by atoms with Crippen LogP contribution in [0.2, 0.25) is 15.1 Å². The van der Waals surface area contributed by atoms with Crippen molar-refractivity contribution in [3.63, 3.8) is 0 Å². The zero-order valence-corrected chi connectivity index (χ0v) is 20.7. The van der Waals surface area contributed by atoms with Gasteiger partial charge in [0.25, 0.3) is 5.91 Å². The summed E-state index contributed by atoms with van der Waals surface area (Å²) in [6.45, 7) is 1.07. The first-order valence-corrected chi connectivity index (χ1v) is 12.8. The number of hydrogen-bond donors (Lipinski definition) is 1. The largest absolute Gasteiger partial charge is 0.368 e. The Hall–Kier alpha value is -2.36. The molecular formula is C23H19Cl3FN3O3S. The molecule has 1 aliphatic heterocycles. The number of nitrogens with one attached hydrogen (secondary N) is 1. The Balaban J connectivity index is 1.52. The maximum Gasteiger partial charge on any atom is 0.255 e. The summed E-state index contributed by atoms with van der Waals surface area (Å²) in [7, 11) is -4.17. The predicted molar refractivity (Wildman–Crippen MR) is 133 cm³/mol. The summed E-state index contributed by atoms with van der Waals surface area (Å²) in [5.41, 5.74) is 1.16. The van der Waals surface area contributed by atoms with Crippen LogP contribution in [0.3, 0.4) is 0 Å². The lowest BCUT2D eigenvalue weighted by Crippen LogP contribution is -2.48. The van der Waals surface area contributed by atoms with Gasteiger partial charge in [-0.15, -0.1) is 0 Å². The Bertz CT molecular complexity index is 1350. The highest BCUT2D eigenvalue weighted by Gasteiger charge is 2.31. The molecule has 34 heavy (non-hydrogen) atoms. The van der Waals surface area contributed by atoms with E-state index in [0.717, 1.165) is 17.8 Å². The lowest BCUT2D eigenvalue weighted by atomic mass is 10.2. The number of nitrogens with zero attached hydrogens (tertiary/aromatic N) is 2. The predicted octanol–water partition coefficient (Wildman–Crippen LogP) is 5.55. The Morgan fingerprint density at radius 2 is 1.56 bits per heavy atom. The second-order valence-electron chi connectivity index (χ2n) is 7.57. The van der Waals surface area contributed by atoms with Gasteiger partial charge in [0.05, 0.1) is 20.8 Å². The molecule has 0 unspecified atom stereocenters. The van der Waals surface area contributed by atoms with Crippen molar-refractivity contribution in [1.29, 1.82) is 0 Å². The van der Waals surface area contributed by atoms with Gasteiger partial charge in [-0.2, -0.15) is 4.31 Å². The van der Waals surface area contributed by atoms with Gasteiger partial charge < -0.3 is 10.2 Å². The molecule has 0 spiro atoms. The van der Waals surface area contributed by atoms with Crippen LogP contribution in [0.25, 0.3) is 0 Å². The van der Waals surface area contributed by atoms with Crippen LogP contribution in [0.5, 0.6) is 0 Å². The van der Waals surface area contributed by atoms with Gasteiger partial charge in [-0.05, 0) is 48.5 Å². The zero-order valence-electron chi connectivity index (χ0n) is 17.6. The van der Waals surface area contributed by atoms with Gasteiger partial charge in [0.2, 0.25) is 10.0 Å². The molecule has 6 nitrogen and oxygen atoms in total. The molecule has 1 saturated heterocycles. The van der Waals surface area contributed by atoms with Gasteiger partial charge in [0, 0.05) is 37.4 Å². The maximum absolute atomic E-state index is 14.6. The molecule has 0 aromatic heterocycles. The monoisotopic (exact) mass is 541 g/mol. The number of benzene rings is 3. The van der Waals surface area contributed by atoms with Gasteiger partial charge in [-0.1, -0.05) is 46.9 Å². The topological polar surface area (TPSA) is 69.7 Å². The quantitative estimate of drug-likeness (QED) is 0.459. The first-order valence-electron chi connectivity index (χ1n) is 10.2. The minimum Gasteiger partial charge on any atom is -0.368 e. The number of carbonyl (C=O) groups excluding carboxylic acids is 1. The first kappa shape index (κ1) is 24.8. The molecule has 1 aliphatic rings. The smallest absolute Gasteiger partial charge is 0.255 e. The van der Waals surface area contributed by atoms with E-state index in [1.807, 2.05) is 23.1 Å². The number of amides is 1. The Morgan fingerprint density at radius 3 is 2.24 bits per heavy atom. The third-order valence-corrected chi connectivity index (χ3v) is 8.39. The van der Waals surface area contributed by atoms with Gasteiger partial charge in [0.1, 0.15) is 10.7 Å². The number of sulfonamides is 1. The molecule has 0 saturated carbocycles. The van der Waals surface area contributed by atoms with Crippen LogP contribution in [-0.2, 0) is 10.0 Å². The van der Waals surface area contributed by atoms with E-state index in [-0.39, 0.29) is 23.7 Å². The van der Waals surface area contributed by atoms with Crippen molar-refractivity contribution in [2.45, 2.75) is 4.90 Å². The van der Waals surface area contributed by atoms with Crippen LogP contribution >= 0.6 is 34.8 Å². The lowest BCUT2D eigenvalue weighted by Gasteiger charge is -2.35. The van der Waals surface area contributed by atoms with E-state index < -0.39 is 26.6 Å². The fraction of sp³-hybridized carbons (Fsp3) is 0.174. The highest BCUT2D eigenvalue weighted by molar-refractivity contribution is 7.89. The van der Waals surface area contributed by atoms with Crippen LogP contribution in [0.4, 0.5) is 15.8 Å². The second-order valence-corrected chi connectivity index (χ2v) is 10.7. The number of piperazine rings is 1. The molecule has 1 amide bonds. The van der Waals surface area contributed by atoms with Crippen LogP contribution in [0.1, 0.15) is 10.4 Å². The van der Waals surface area contributed by atoms with Crippen LogP contribution in [0, 0.1) is 5.82 Å². The Morgan fingerprint density at radius 1 is 0.853 bits per heavy atom. The maximum atomic E-state index is 14.6. The Labute approximate surface area is 211 Å². The number of rotatable bonds is 5. The van der Waals surface area contributed by atoms with Crippen molar-refractivity contribution in [3.8, 4) is 0 Å². The molecule has 1 N–H and O–H groups in total. The fourth-order valence-electron chi connectivity index (χ4n) is 3.64. The van der Waals surface area contributed by atoms with E-state index in [1.165, 1.54) is 22.5 Å². The molecule has 4 rings (SSSR count). The van der Waals surface area contributed by atoms with Crippen molar-refractivity contribution in [3.05, 3.63) is 87.1 Å². The average molecular weight is 543 g/mol. The number of hydrogen-bond acceptors (Lipinski definition) is 4. The first-order chi connectivity index (χ1) is 16.2. The SMILES string of the molecule is O=C(Nc1ccc(Cl)c(Cl)c1)c1ccc(F)c(S(=O)(=O)N2CCN(c3ccccc3Cl)CC2)c1. The minimum absolute atomic E-state index is 0.0132. The van der Waals surface area contributed by atoms with Crippen molar-refractivity contribution >= 4 is 62.1 Å². The van der Waals surface area contributed by atoms with Crippen LogP contribution in [0.15, 0.2) is 65.6 Å². The number of anilines is 2. The van der Waals surface area contributed by atoms with Crippen molar-refractivity contribution in [1.82, 2.24) is 4.31 Å². The highest BCUT2D eigenvalue weighted by Crippen LogP contribution is 2.29. The van der Waals surface area contributed by atoms with E-state index in [2.05, 4.69) is 5.32 Å². The third-order valence-electron chi connectivity index (χ3n) is 5.42. The second kappa shape index (κ2) is 10.1. The molecule has 3 aromatic carbocycles. The van der Waals surface area contributed by atoms with E-state index >= 15 is 0 Å². The third kappa shape index (κ3) is 5.16. The molecular weight excluding hydrogens is 524 g/mol. The summed E-state index contributed by atoms with van der Waals surface area (Å²) in [6.07, 6.45) is 0. The number of para-hydroxylation sites is 1. The van der Waals surface area contributed by atoms with Crippen molar-refractivity contribution in [2.24, 2.45) is 0 Å². The van der Waals surface area contributed by atoms with Crippen molar-refractivity contribution < 1.29 is 17.6 Å². The summed E-state index contributed by atoms with van der Waals surface area (Å²) < 4.78 is 42.2. The molecule has 1 heterocycles. The molecule has 3 aromatic rings. The zero-order chi connectivity index (χ0) is 24.5. The highest BCUT2D eigenvalue weighted by atomic mass is 35.5. The normalized spacial score (nSPS) is 14.8.